The number of benzene rings is 3. The lowest BCUT2D eigenvalue weighted by molar-refractivity contribution is 0.104. The first kappa shape index (κ1) is 27.6. The van der Waals surface area contributed by atoms with Crippen molar-refractivity contribution in [1.29, 1.82) is 0 Å². The van der Waals surface area contributed by atoms with Gasteiger partial charge in [-0.25, -0.2) is 0 Å². The number of ether oxygens (including phenoxy) is 1. The normalized spacial score (nSPS) is 14.9. The zero-order chi connectivity index (χ0) is 27.3. The van der Waals surface area contributed by atoms with Crippen molar-refractivity contribution < 1.29 is 9.53 Å². The number of likely N-dealkylation sites (N-methyl/N-ethyl adjacent to an activating group) is 1. The van der Waals surface area contributed by atoms with Crippen molar-refractivity contribution in [2.24, 2.45) is 0 Å². The van der Waals surface area contributed by atoms with Gasteiger partial charge in [-0.2, -0.15) is 0 Å². The first-order valence-corrected chi connectivity index (χ1v) is 13.4. The number of carbonyl (C=O) groups is 1. The van der Waals surface area contributed by atoms with Crippen LogP contribution in [-0.4, -0.2) is 68.5 Å². The van der Waals surface area contributed by atoms with Crippen molar-refractivity contribution in [2.45, 2.75) is 32.9 Å². The average molecular weight is 512 g/mol. The van der Waals surface area contributed by atoms with E-state index >= 15 is 0 Å². The van der Waals surface area contributed by atoms with Gasteiger partial charge in [0, 0.05) is 55.1 Å². The summed E-state index contributed by atoms with van der Waals surface area (Å²) in [5.74, 6) is 0.845. The molecule has 1 saturated heterocycles. The maximum absolute atomic E-state index is 13.7. The SMILES string of the molecule is COc1ccccc1-c1ccc(C(=O)/C=C/c2ccccc2CN(C)C(C)(C)C)c(N2CCN(C)CC2)c1. The molecule has 4 rings (SSSR count). The molecule has 0 unspecified atom stereocenters. The summed E-state index contributed by atoms with van der Waals surface area (Å²) in [6, 6.07) is 22.5. The first-order valence-electron chi connectivity index (χ1n) is 13.4. The molecule has 200 valence electrons. The van der Waals surface area contributed by atoms with Gasteiger partial charge < -0.3 is 14.5 Å². The van der Waals surface area contributed by atoms with Gasteiger partial charge in [-0.3, -0.25) is 9.69 Å². The van der Waals surface area contributed by atoms with Crippen molar-refractivity contribution >= 4 is 17.5 Å². The highest BCUT2D eigenvalue weighted by atomic mass is 16.5. The third kappa shape index (κ3) is 6.53. The van der Waals surface area contributed by atoms with E-state index in [0.29, 0.717) is 0 Å². The molecule has 0 spiro atoms. The van der Waals surface area contributed by atoms with Crippen LogP contribution < -0.4 is 9.64 Å². The Labute approximate surface area is 228 Å². The predicted molar refractivity (Wildman–Crippen MR) is 159 cm³/mol. The number of para-hydroxylation sites is 1. The highest BCUT2D eigenvalue weighted by Crippen LogP contribution is 2.34. The van der Waals surface area contributed by atoms with E-state index in [4.69, 9.17) is 4.74 Å². The molecule has 1 heterocycles. The number of nitrogens with zero attached hydrogens (tertiary/aromatic N) is 3. The van der Waals surface area contributed by atoms with Crippen LogP contribution in [0.1, 0.15) is 42.3 Å². The van der Waals surface area contributed by atoms with Crippen LogP contribution in [0.4, 0.5) is 5.69 Å². The van der Waals surface area contributed by atoms with E-state index in [2.05, 4.69) is 79.9 Å². The fourth-order valence-corrected chi connectivity index (χ4v) is 4.69. The van der Waals surface area contributed by atoms with Gasteiger partial charge in [-0.1, -0.05) is 54.6 Å². The third-order valence-corrected chi connectivity index (χ3v) is 7.55. The number of piperazine rings is 1. The van der Waals surface area contributed by atoms with Crippen LogP contribution in [0, 0.1) is 0 Å². The Morgan fingerprint density at radius 2 is 1.66 bits per heavy atom. The molecule has 3 aromatic rings. The Morgan fingerprint density at radius 3 is 2.37 bits per heavy atom. The number of carbonyl (C=O) groups excluding carboxylic acids is 1. The molecule has 3 aromatic carbocycles. The van der Waals surface area contributed by atoms with Crippen molar-refractivity contribution in [3.8, 4) is 16.9 Å². The van der Waals surface area contributed by atoms with Gasteiger partial charge in [0.05, 0.1) is 7.11 Å². The molecule has 0 saturated carbocycles. The van der Waals surface area contributed by atoms with Gasteiger partial charge in [-0.05, 0) is 75.8 Å². The standard InChI is InChI=1S/C33H41N3O2/c1-33(2,3)35(5)24-27-12-8-7-11-25(27)16-18-31(37)29-17-15-26(28-13-9-10-14-32(28)38-6)23-30(29)36-21-19-34(4)20-22-36/h7-18,23H,19-22,24H2,1-6H3/b18-16+. The van der Waals surface area contributed by atoms with Crippen LogP contribution in [0.3, 0.4) is 0 Å². The molecule has 0 aromatic heterocycles. The Morgan fingerprint density at radius 1 is 0.974 bits per heavy atom. The van der Waals surface area contributed by atoms with Gasteiger partial charge in [0.2, 0.25) is 0 Å². The first-order chi connectivity index (χ1) is 18.2. The molecule has 0 amide bonds. The van der Waals surface area contributed by atoms with Crippen LogP contribution in [0.15, 0.2) is 72.8 Å². The molecule has 1 aliphatic rings. The largest absolute Gasteiger partial charge is 0.496 e. The Kier molecular flexibility index (Phi) is 8.70. The van der Waals surface area contributed by atoms with Crippen molar-refractivity contribution in [1.82, 2.24) is 9.80 Å². The summed E-state index contributed by atoms with van der Waals surface area (Å²) in [5, 5.41) is 0. The van der Waals surface area contributed by atoms with Crippen molar-refractivity contribution in [2.75, 3.05) is 52.3 Å². The quantitative estimate of drug-likeness (QED) is 0.264. The number of ketones is 1. The summed E-state index contributed by atoms with van der Waals surface area (Å²) in [7, 11) is 5.98. The highest BCUT2D eigenvalue weighted by molar-refractivity contribution is 6.11. The van der Waals surface area contributed by atoms with E-state index in [1.165, 1.54) is 5.56 Å². The molecule has 5 nitrogen and oxygen atoms in total. The zero-order valence-electron chi connectivity index (χ0n) is 23.7. The van der Waals surface area contributed by atoms with E-state index in [1.807, 2.05) is 42.5 Å². The second kappa shape index (κ2) is 12.0. The summed E-state index contributed by atoms with van der Waals surface area (Å²) in [6.45, 7) is 11.2. The molecule has 0 aliphatic carbocycles. The number of rotatable bonds is 8. The third-order valence-electron chi connectivity index (χ3n) is 7.55. The highest BCUT2D eigenvalue weighted by Gasteiger charge is 2.21. The van der Waals surface area contributed by atoms with Gasteiger partial charge in [0.15, 0.2) is 5.78 Å². The topological polar surface area (TPSA) is 36.0 Å². The summed E-state index contributed by atoms with van der Waals surface area (Å²) < 4.78 is 5.62. The maximum Gasteiger partial charge on any atom is 0.187 e. The smallest absolute Gasteiger partial charge is 0.187 e. The van der Waals surface area contributed by atoms with E-state index in [1.54, 1.807) is 13.2 Å². The predicted octanol–water partition coefficient (Wildman–Crippen LogP) is 6.24. The molecule has 0 atom stereocenters. The average Bonchev–Trinajstić information content (AvgIpc) is 2.92. The van der Waals surface area contributed by atoms with E-state index in [0.717, 1.165) is 66.4 Å². The molecule has 0 radical (unpaired) electrons. The minimum atomic E-state index is 0.0180. The minimum Gasteiger partial charge on any atom is -0.496 e. The van der Waals surface area contributed by atoms with E-state index < -0.39 is 0 Å². The monoisotopic (exact) mass is 511 g/mol. The van der Waals surface area contributed by atoms with Gasteiger partial charge in [0.25, 0.3) is 0 Å². The fourth-order valence-electron chi connectivity index (χ4n) is 4.69. The molecule has 1 aliphatic heterocycles. The number of methoxy groups -OCH3 is 1. The van der Waals surface area contributed by atoms with Crippen molar-refractivity contribution in [3.63, 3.8) is 0 Å². The van der Waals surface area contributed by atoms with Crippen molar-refractivity contribution in [3.05, 3.63) is 89.5 Å². The Balaban J connectivity index is 1.67. The van der Waals surface area contributed by atoms with Gasteiger partial charge in [-0.15, -0.1) is 0 Å². The fraction of sp³-hybridized carbons (Fsp3) is 0.364. The minimum absolute atomic E-state index is 0.0180. The lowest BCUT2D eigenvalue weighted by Gasteiger charge is -2.35. The molecule has 38 heavy (non-hydrogen) atoms. The van der Waals surface area contributed by atoms with Gasteiger partial charge >= 0.3 is 0 Å². The summed E-state index contributed by atoms with van der Waals surface area (Å²) in [4.78, 5) is 20.6. The second-order valence-corrected chi connectivity index (χ2v) is 11.1. The van der Waals surface area contributed by atoms with Crippen LogP contribution in [-0.2, 0) is 6.54 Å². The summed E-state index contributed by atoms with van der Waals surface area (Å²) in [5.41, 5.74) is 6.13. The number of anilines is 1. The maximum atomic E-state index is 13.7. The number of allylic oxidation sites excluding steroid dienone is 1. The lowest BCUT2D eigenvalue weighted by atomic mass is 9.97. The van der Waals surface area contributed by atoms with Gasteiger partial charge in [0.1, 0.15) is 5.75 Å². The molecular weight excluding hydrogens is 470 g/mol. The zero-order valence-corrected chi connectivity index (χ0v) is 23.7. The van der Waals surface area contributed by atoms with Crippen LogP contribution in [0.5, 0.6) is 5.75 Å². The molecule has 5 heteroatoms. The summed E-state index contributed by atoms with van der Waals surface area (Å²) >= 11 is 0. The number of hydrogen-bond donors (Lipinski definition) is 0. The lowest BCUT2D eigenvalue weighted by Crippen LogP contribution is -2.45. The van der Waals surface area contributed by atoms with E-state index in [-0.39, 0.29) is 11.3 Å². The van der Waals surface area contributed by atoms with Crippen LogP contribution >= 0.6 is 0 Å². The Bertz CT molecular complexity index is 1280. The molecule has 0 bridgehead atoms. The number of hydrogen-bond acceptors (Lipinski definition) is 5. The van der Waals surface area contributed by atoms with E-state index in [9.17, 15) is 4.79 Å². The molecular formula is C33H41N3O2. The Hall–Kier alpha value is -3.41. The summed E-state index contributed by atoms with van der Waals surface area (Å²) in [6.07, 6.45) is 3.70. The van der Waals surface area contributed by atoms with Crippen LogP contribution in [0.2, 0.25) is 0 Å². The molecule has 1 fully saturated rings. The second-order valence-electron chi connectivity index (χ2n) is 11.1. The van der Waals surface area contributed by atoms with Crippen LogP contribution in [0.25, 0.3) is 17.2 Å². The molecule has 0 N–H and O–H groups in total.